The van der Waals surface area contributed by atoms with Gasteiger partial charge >= 0.3 is 0 Å². The smallest absolute Gasteiger partial charge is 0.119 e. The van der Waals surface area contributed by atoms with Crippen LogP contribution in [0.2, 0.25) is 0 Å². The molecule has 9 rings (SSSR count). The highest BCUT2D eigenvalue weighted by Crippen LogP contribution is 2.40. The minimum Gasteiger partial charge on any atom is -0.494 e. The molecule has 9 aromatic rings. The number of anilines is 6. The van der Waals surface area contributed by atoms with Crippen molar-refractivity contribution in [3.63, 3.8) is 0 Å². The Balaban J connectivity index is 0.922. The Kier molecular flexibility index (Phi) is 14.5. The van der Waals surface area contributed by atoms with Crippen LogP contribution in [-0.4, -0.2) is 13.2 Å². The minimum absolute atomic E-state index is 0.663. The second-order valence-corrected chi connectivity index (χ2v) is 17.8. The normalized spacial score (nSPS) is 11.3. The molecule has 0 aliphatic carbocycles. The maximum absolute atomic E-state index is 5.61. The summed E-state index contributed by atoms with van der Waals surface area (Å²) in [6, 6.07) is 74.1. The Morgan fingerprint density at radius 3 is 0.843 bits per heavy atom. The van der Waals surface area contributed by atoms with Crippen molar-refractivity contribution in [3.8, 4) is 33.8 Å². The van der Waals surface area contributed by atoms with Crippen LogP contribution in [-0.2, 0) is 0 Å². The molecule has 346 valence electrons. The predicted molar refractivity (Wildman–Crippen MR) is 299 cm³/mol. The van der Waals surface area contributed by atoms with Gasteiger partial charge in [-0.3, -0.25) is 0 Å². The van der Waals surface area contributed by atoms with E-state index in [2.05, 4.69) is 244 Å². The maximum Gasteiger partial charge on any atom is 0.119 e. The molecular formula is C66H60N2O2. The number of benzene rings is 9. The highest BCUT2D eigenvalue weighted by Gasteiger charge is 2.17. The van der Waals surface area contributed by atoms with Crippen LogP contribution >= 0.6 is 0 Å². The van der Waals surface area contributed by atoms with Gasteiger partial charge in [0, 0.05) is 34.1 Å². The quantitative estimate of drug-likeness (QED) is 0.0902. The second kappa shape index (κ2) is 21.7. The van der Waals surface area contributed by atoms with Gasteiger partial charge < -0.3 is 19.3 Å². The van der Waals surface area contributed by atoms with Gasteiger partial charge in [-0.05, 0) is 182 Å². The molecule has 0 amide bonds. The van der Waals surface area contributed by atoms with Crippen LogP contribution in [0.5, 0.6) is 11.5 Å². The van der Waals surface area contributed by atoms with Crippen LogP contribution < -0.4 is 19.3 Å². The van der Waals surface area contributed by atoms with E-state index in [1.54, 1.807) is 0 Å². The van der Waals surface area contributed by atoms with E-state index in [0.29, 0.717) is 13.2 Å². The lowest BCUT2D eigenvalue weighted by molar-refractivity contribution is 0.340. The van der Waals surface area contributed by atoms with E-state index in [1.807, 2.05) is 38.1 Å². The van der Waals surface area contributed by atoms with Crippen LogP contribution in [0.25, 0.3) is 46.6 Å². The zero-order valence-electron chi connectivity index (χ0n) is 41.1. The molecular weight excluding hydrogens is 853 g/mol. The number of hydrogen-bond acceptors (Lipinski definition) is 4. The van der Waals surface area contributed by atoms with E-state index < -0.39 is 0 Å². The van der Waals surface area contributed by atoms with Crippen molar-refractivity contribution >= 4 is 58.4 Å². The topological polar surface area (TPSA) is 24.9 Å². The summed E-state index contributed by atoms with van der Waals surface area (Å²) >= 11 is 0. The first-order valence-electron chi connectivity index (χ1n) is 24.3. The first-order valence-corrected chi connectivity index (χ1v) is 24.3. The predicted octanol–water partition coefficient (Wildman–Crippen LogP) is 18.3. The van der Waals surface area contributed by atoms with Gasteiger partial charge in [0.15, 0.2) is 0 Å². The lowest BCUT2D eigenvalue weighted by Gasteiger charge is -2.27. The molecule has 0 radical (unpaired) electrons. The monoisotopic (exact) mass is 912 g/mol. The van der Waals surface area contributed by atoms with Crippen LogP contribution in [0.4, 0.5) is 34.1 Å². The number of hydrogen-bond donors (Lipinski definition) is 0. The van der Waals surface area contributed by atoms with Crippen molar-refractivity contribution < 1.29 is 9.47 Å². The molecule has 0 aromatic heterocycles. The summed E-state index contributed by atoms with van der Waals surface area (Å²) in [4.78, 5) is 4.70. The van der Waals surface area contributed by atoms with Gasteiger partial charge in [0.05, 0.1) is 13.2 Å². The third kappa shape index (κ3) is 11.2. The lowest BCUT2D eigenvalue weighted by Crippen LogP contribution is -2.11. The van der Waals surface area contributed by atoms with Gasteiger partial charge in [-0.1, -0.05) is 157 Å². The molecule has 0 aliphatic rings. The third-order valence-electron chi connectivity index (χ3n) is 12.6. The third-order valence-corrected chi connectivity index (χ3v) is 12.6. The van der Waals surface area contributed by atoms with Crippen molar-refractivity contribution in [1.82, 2.24) is 0 Å². The molecule has 0 unspecified atom stereocenters. The summed E-state index contributed by atoms with van der Waals surface area (Å²) in [7, 11) is 0. The van der Waals surface area contributed by atoms with E-state index >= 15 is 0 Å². The van der Waals surface area contributed by atoms with Crippen LogP contribution in [0.3, 0.4) is 0 Å². The number of nitrogens with zero attached hydrogens (tertiary/aromatic N) is 2. The Bertz CT molecular complexity index is 2980. The van der Waals surface area contributed by atoms with Gasteiger partial charge in [-0.2, -0.15) is 0 Å². The molecule has 0 N–H and O–H groups in total. The summed E-state index contributed by atoms with van der Waals surface area (Å²) < 4.78 is 11.2. The van der Waals surface area contributed by atoms with Crippen LogP contribution in [0.15, 0.2) is 206 Å². The Hall–Kier alpha value is -8.34. The summed E-state index contributed by atoms with van der Waals surface area (Å²) in [6.07, 6.45) is 8.59. The molecule has 0 aliphatic heterocycles. The minimum atomic E-state index is 0.663. The molecule has 0 fully saturated rings. The van der Waals surface area contributed by atoms with E-state index in [1.165, 1.54) is 44.5 Å². The average molecular weight is 913 g/mol. The molecule has 0 atom stereocenters. The highest BCUT2D eigenvalue weighted by molar-refractivity contribution is 5.83. The maximum atomic E-state index is 5.61. The van der Waals surface area contributed by atoms with Gasteiger partial charge in [-0.15, -0.1) is 0 Å². The Morgan fingerprint density at radius 1 is 0.314 bits per heavy atom. The van der Waals surface area contributed by atoms with E-state index in [9.17, 15) is 0 Å². The molecule has 4 heteroatoms. The molecule has 4 nitrogen and oxygen atoms in total. The van der Waals surface area contributed by atoms with Crippen LogP contribution in [0.1, 0.15) is 58.4 Å². The number of rotatable bonds is 16. The summed E-state index contributed by atoms with van der Waals surface area (Å²) in [5.41, 5.74) is 20.9. The molecule has 0 saturated carbocycles. The van der Waals surface area contributed by atoms with Crippen molar-refractivity contribution in [3.05, 3.63) is 251 Å². The molecule has 9 aromatic carbocycles. The molecule has 0 bridgehead atoms. The fraction of sp³-hybridized carbons (Fsp3) is 0.121. The van der Waals surface area contributed by atoms with E-state index in [0.717, 1.165) is 67.9 Å². The largest absolute Gasteiger partial charge is 0.494 e. The van der Waals surface area contributed by atoms with E-state index in [4.69, 9.17) is 9.47 Å². The number of ether oxygens (including phenoxy) is 2. The Labute approximate surface area is 415 Å². The molecule has 0 heterocycles. The standard InChI is InChI=1S/C66H60N2O2/c1-7-69-63-39-19-53(20-40-63)13-11-51-15-31-59(32-16-51)67(65-43-9-47(3)45-49(65)5)61-35-27-57(28-36-61)55-23-25-56(26-24-55)58-29-37-62(38-30-58)68(66-44-10-48(4)46-50(66)6)60-33-17-52(18-34-60)12-14-54-21-41-64(42-22-54)70-8-2/h9-46H,7-8H2,1-6H3/b13-11+,14-12+. The van der Waals surface area contributed by atoms with Crippen molar-refractivity contribution in [1.29, 1.82) is 0 Å². The summed E-state index contributed by atoms with van der Waals surface area (Å²) in [5, 5.41) is 0. The van der Waals surface area contributed by atoms with Crippen molar-refractivity contribution in [2.45, 2.75) is 41.5 Å². The zero-order chi connectivity index (χ0) is 48.4. The second-order valence-electron chi connectivity index (χ2n) is 17.8. The fourth-order valence-corrected chi connectivity index (χ4v) is 8.97. The van der Waals surface area contributed by atoms with E-state index in [-0.39, 0.29) is 0 Å². The Morgan fingerprint density at radius 2 is 0.571 bits per heavy atom. The van der Waals surface area contributed by atoms with Gasteiger partial charge in [0.1, 0.15) is 11.5 Å². The summed E-state index contributed by atoms with van der Waals surface area (Å²) in [5.74, 6) is 1.78. The first-order chi connectivity index (χ1) is 34.2. The lowest BCUT2D eigenvalue weighted by atomic mass is 9.99. The van der Waals surface area contributed by atoms with Crippen LogP contribution in [0, 0.1) is 27.7 Å². The van der Waals surface area contributed by atoms with Gasteiger partial charge in [0.2, 0.25) is 0 Å². The van der Waals surface area contributed by atoms with Gasteiger partial charge in [-0.25, -0.2) is 0 Å². The first kappa shape index (κ1) is 46.8. The molecule has 0 spiro atoms. The SMILES string of the molecule is CCOc1ccc(/C=C/c2ccc(N(c3ccc(-c4ccc(-c5ccc(N(c6ccc(/C=C/c7ccc(OCC)cc7)cc6)c6ccc(C)cc6C)cc5)cc4)cc3)c3ccc(C)cc3C)cc2)cc1. The fourth-order valence-electron chi connectivity index (χ4n) is 8.97. The average Bonchev–Trinajstić information content (AvgIpc) is 3.39. The van der Waals surface area contributed by atoms with Crippen molar-refractivity contribution in [2.75, 3.05) is 23.0 Å². The molecule has 0 saturated heterocycles. The molecule has 70 heavy (non-hydrogen) atoms. The zero-order valence-corrected chi connectivity index (χ0v) is 41.1. The summed E-state index contributed by atoms with van der Waals surface area (Å²) in [6.45, 7) is 14.0. The highest BCUT2D eigenvalue weighted by atomic mass is 16.5. The van der Waals surface area contributed by atoms with Crippen molar-refractivity contribution in [2.24, 2.45) is 0 Å². The number of aryl methyl sites for hydroxylation is 4. The van der Waals surface area contributed by atoms with Gasteiger partial charge in [0.25, 0.3) is 0 Å².